The monoisotopic (exact) mass is 514 g/mol. The van der Waals surface area contributed by atoms with Crippen molar-refractivity contribution in [2.24, 2.45) is 7.05 Å². The smallest absolute Gasteiger partial charge is 0.369 e. The molecule has 0 atom stereocenters. The summed E-state index contributed by atoms with van der Waals surface area (Å²) >= 11 is 0. The van der Waals surface area contributed by atoms with Crippen LogP contribution in [0.5, 0.6) is 5.75 Å². The Morgan fingerprint density at radius 3 is 2.38 bits per heavy atom. The quantitative estimate of drug-likeness (QED) is 0.0980. The zero-order valence-electron chi connectivity index (χ0n) is 18.2. The fourth-order valence-corrected chi connectivity index (χ4v) is 5.60. The van der Waals surface area contributed by atoms with Gasteiger partial charge in [-0.25, -0.2) is 4.98 Å². The van der Waals surface area contributed by atoms with Gasteiger partial charge in [0.2, 0.25) is 16.9 Å². The van der Waals surface area contributed by atoms with Crippen molar-refractivity contribution in [2.75, 3.05) is 13.2 Å². The van der Waals surface area contributed by atoms with Crippen molar-refractivity contribution in [1.29, 1.82) is 0 Å². The number of aliphatic hydroxyl groups is 1. The number of carbonyl (C=O) groups excluding carboxylic acids is 1. The van der Waals surface area contributed by atoms with E-state index < -0.39 is 39.1 Å². The van der Waals surface area contributed by atoms with Crippen LogP contribution in [0, 0.1) is 0 Å². The highest BCUT2D eigenvalue weighted by molar-refractivity contribution is 7.72. The molecule has 0 unspecified atom stereocenters. The summed E-state index contributed by atoms with van der Waals surface area (Å²) in [5.74, 6) is 0.0171. The van der Waals surface area contributed by atoms with Crippen LogP contribution in [-0.2, 0) is 21.0 Å². The van der Waals surface area contributed by atoms with Gasteiger partial charge in [-0.05, 0) is 18.6 Å². The molecule has 0 aliphatic rings. The molecule has 0 saturated heterocycles. The van der Waals surface area contributed by atoms with Gasteiger partial charge in [0.15, 0.2) is 11.3 Å². The van der Waals surface area contributed by atoms with Gasteiger partial charge < -0.3 is 34.7 Å². The molecule has 0 bridgehead atoms. The van der Waals surface area contributed by atoms with E-state index in [4.69, 9.17) is 24.3 Å². The van der Waals surface area contributed by atoms with Gasteiger partial charge >= 0.3 is 15.2 Å². The van der Waals surface area contributed by atoms with Crippen LogP contribution in [0.2, 0.25) is 0 Å². The molecule has 3 rings (SSSR count). The van der Waals surface area contributed by atoms with Crippen LogP contribution in [0.1, 0.15) is 19.3 Å². The molecule has 3 aromatic rings. The number of hydrogen-bond acceptors (Lipinski definition) is 6. The maximum absolute atomic E-state index is 12.0. The van der Waals surface area contributed by atoms with E-state index >= 15 is 0 Å². The van der Waals surface area contributed by atoms with Crippen LogP contribution >= 0.6 is 15.2 Å². The molecular formula is C20H26N3O9P2+. The Kier molecular flexibility index (Phi) is 7.74. The van der Waals surface area contributed by atoms with E-state index in [1.54, 1.807) is 6.07 Å². The maximum atomic E-state index is 12.0. The predicted molar refractivity (Wildman–Crippen MR) is 122 cm³/mol. The highest BCUT2D eigenvalue weighted by atomic mass is 31.2. The molecule has 184 valence electrons. The first kappa shape index (κ1) is 26.2. The molecule has 6 N–H and O–H groups in total. The molecule has 14 heteroatoms. The minimum atomic E-state index is -5.56. The second-order valence-corrected chi connectivity index (χ2v) is 11.7. The number of hydrogen-bond donors (Lipinski definition) is 6. The van der Waals surface area contributed by atoms with Crippen LogP contribution < -0.4 is 14.6 Å². The van der Waals surface area contributed by atoms with Crippen molar-refractivity contribution < 1.29 is 47.9 Å². The second-order valence-electron chi connectivity index (χ2n) is 7.70. The largest absolute Gasteiger partial charge is 0.491 e. The summed E-state index contributed by atoms with van der Waals surface area (Å²) in [5, 5.41) is 8.53. The van der Waals surface area contributed by atoms with E-state index in [9.17, 15) is 19.0 Å². The Hall–Kier alpha value is -2.43. The number of benzene rings is 2. The Morgan fingerprint density at radius 2 is 1.71 bits per heavy atom. The Morgan fingerprint density at radius 1 is 1.06 bits per heavy atom. The summed E-state index contributed by atoms with van der Waals surface area (Å²) in [6.45, 7) is -0.358. The summed E-state index contributed by atoms with van der Waals surface area (Å²) in [6, 6.07) is 13.2. The molecule has 1 heterocycles. The van der Waals surface area contributed by atoms with Crippen LogP contribution in [0.4, 0.5) is 0 Å². The molecule has 0 aliphatic carbocycles. The lowest BCUT2D eigenvalue weighted by Crippen LogP contribution is -2.35. The summed E-state index contributed by atoms with van der Waals surface area (Å²) < 4.78 is 30.5. The topological polar surface area (TPSA) is 190 Å². The molecule has 0 saturated carbocycles. The number of amides is 1. The van der Waals surface area contributed by atoms with Crippen molar-refractivity contribution >= 4 is 43.2 Å². The number of nitrogens with one attached hydrogen (secondary N) is 1. The first-order valence-electron chi connectivity index (χ1n) is 10.3. The lowest BCUT2D eigenvalue weighted by molar-refractivity contribution is -0.618. The number of fused-ring (bicyclic) bond motifs is 2. The van der Waals surface area contributed by atoms with Crippen LogP contribution in [0.15, 0.2) is 42.5 Å². The summed E-state index contributed by atoms with van der Waals surface area (Å²) in [6.07, 6.45) is -0.737. The van der Waals surface area contributed by atoms with Crippen molar-refractivity contribution in [2.45, 2.75) is 24.3 Å². The van der Waals surface area contributed by atoms with Crippen LogP contribution in [0.25, 0.3) is 22.1 Å². The van der Waals surface area contributed by atoms with Gasteiger partial charge in [-0.15, -0.1) is 0 Å². The number of aryl methyl sites for hydroxylation is 1. The number of nitrogens with zero attached hydrogens (tertiary/aromatic N) is 2. The average molecular weight is 514 g/mol. The summed E-state index contributed by atoms with van der Waals surface area (Å²) in [4.78, 5) is 53.1. The average Bonchev–Trinajstić information content (AvgIpc) is 2.75. The third-order valence-electron chi connectivity index (χ3n) is 5.34. The van der Waals surface area contributed by atoms with Gasteiger partial charge in [-0.2, -0.15) is 4.57 Å². The normalized spacial score (nSPS) is 12.8. The van der Waals surface area contributed by atoms with Crippen LogP contribution in [0.3, 0.4) is 0 Å². The van der Waals surface area contributed by atoms with Crippen LogP contribution in [-0.4, -0.2) is 53.8 Å². The van der Waals surface area contributed by atoms with E-state index in [1.807, 2.05) is 48.0 Å². The number of ether oxygens (including phenoxy) is 1. The fraction of sp³-hybridized carbons (Fsp3) is 0.350. The van der Waals surface area contributed by atoms with Crippen molar-refractivity contribution in [3.63, 3.8) is 0 Å². The molecule has 0 radical (unpaired) electrons. The second kappa shape index (κ2) is 10.1. The van der Waals surface area contributed by atoms with Crippen molar-refractivity contribution in [1.82, 2.24) is 10.3 Å². The SMILES string of the molecule is C[n+]1c2ccccc2nc2c(OCCCC(=O)NCCC(O)(P(=O)(O)O)P(=O)(O)O)cccc21. The van der Waals surface area contributed by atoms with E-state index in [2.05, 4.69) is 10.3 Å². The highest BCUT2D eigenvalue weighted by Crippen LogP contribution is 2.68. The van der Waals surface area contributed by atoms with E-state index in [0.29, 0.717) is 17.7 Å². The summed E-state index contributed by atoms with van der Waals surface area (Å²) in [5.41, 5.74) is 3.31. The zero-order valence-corrected chi connectivity index (χ0v) is 20.0. The minimum absolute atomic E-state index is 0.0147. The molecule has 0 fully saturated rings. The van der Waals surface area contributed by atoms with Crippen molar-refractivity contribution in [3.05, 3.63) is 42.5 Å². The number of rotatable bonds is 10. The van der Waals surface area contributed by atoms with Gasteiger partial charge in [0.1, 0.15) is 12.6 Å². The molecule has 0 spiro atoms. The number of para-hydroxylation sites is 3. The Bertz CT molecular complexity index is 1280. The van der Waals surface area contributed by atoms with E-state index in [-0.39, 0.29) is 13.0 Å². The first-order valence-corrected chi connectivity index (χ1v) is 13.5. The standard InChI is InChI=1S/C20H25N3O9P2/c1-23-15-7-3-2-6-14(15)22-19-16(23)8-4-9-17(19)32-13-5-10-18(24)21-12-11-20(25,33(26,27)28)34(29,30)31/h2-4,6-9,25H,5,10-13H2,1H3,(H4-,21,24,26,27,28,29,30,31)/p+1. The fourth-order valence-electron chi connectivity index (χ4n) is 3.44. The van der Waals surface area contributed by atoms with E-state index in [1.165, 1.54) is 0 Å². The Balaban J connectivity index is 1.55. The Labute approximate surface area is 194 Å². The molecule has 34 heavy (non-hydrogen) atoms. The van der Waals surface area contributed by atoms with E-state index in [0.717, 1.165) is 16.6 Å². The highest BCUT2D eigenvalue weighted by Gasteiger charge is 2.58. The molecule has 0 aliphatic heterocycles. The first-order chi connectivity index (χ1) is 15.8. The lowest BCUT2D eigenvalue weighted by atomic mass is 10.2. The number of carbonyl (C=O) groups is 1. The van der Waals surface area contributed by atoms with Gasteiger partial charge in [0.25, 0.3) is 5.08 Å². The molecule has 1 aromatic heterocycles. The molecule has 1 amide bonds. The predicted octanol–water partition coefficient (Wildman–Crippen LogP) is 0.879. The third kappa shape index (κ3) is 5.45. The van der Waals surface area contributed by atoms with Crippen molar-refractivity contribution in [3.8, 4) is 5.75 Å². The zero-order chi connectivity index (χ0) is 25.1. The minimum Gasteiger partial charge on any atom is -0.491 e. The van der Waals surface area contributed by atoms with Gasteiger partial charge in [-0.1, -0.05) is 18.2 Å². The molecule has 12 nitrogen and oxygen atoms in total. The van der Waals surface area contributed by atoms with Gasteiger partial charge in [0.05, 0.1) is 6.61 Å². The maximum Gasteiger partial charge on any atom is 0.369 e. The number of aromatic nitrogens is 2. The molecular weight excluding hydrogens is 488 g/mol. The van der Waals surface area contributed by atoms with Gasteiger partial charge in [0, 0.05) is 31.5 Å². The third-order valence-corrected chi connectivity index (χ3v) is 9.21. The van der Waals surface area contributed by atoms with Gasteiger partial charge in [-0.3, -0.25) is 13.9 Å². The molecule has 2 aromatic carbocycles. The summed E-state index contributed by atoms with van der Waals surface area (Å²) in [7, 11) is -9.18. The lowest BCUT2D eigenvalue weighted by Gasteiger charge is -2.29.